The number of anilines is 3. The standard InChI is InChI=1S/C22H30N4O2/c1-16-15-28-11-10-25(16)19-13-21(23-22(27)14-19)26-9-5-8-20(26)17-6-4-7-18(12-17)24(2)3/h4,6-7,12-14,16,20H,5,8-11,15H2,1-3H3,(H,23,27)/t16-,20?/m1/s1. The maximum Gasteiger partial charge on any atom is 0.251 e. The smallest absolute Gasteiger partial charge is 0.251 e. The lowest BCUT2D eigenvalue weighted by molar-refractivity contribution is 0.0989. The molecule has 0 radical (unpaired) electrons. The second kappa shape index (κ2) is 7.87. The van der Waals surface area contributed by atoms with Gasteiger partial charge in [0.2, 0.25) is 0 Å². The van der Waals surface area contributed by atoms with Crippen molar-refractivity contribution < 1.29 is 4.74 Å². The fourth-order valence-corrected chi connectivity index (χ4v) is 4.36. The molecule has 6 heteroatoms. The summed E-state index contributed by atoms with van der Waals surface area (Å²) in [5.74, 6) is 0.916. The highest BCUT2D eigenvalue weighted by atomic mass is 16.5. The molecule has 4 rings (SSSR count). The maximum atomic E-state index is 12.5. The van der Waals surface area contributed by atoms with Crippen molar-refractivity contribution in [2.75, 3.05) is 55.1 Å². The predicted molar refractivity (Wildman–Crippen MR) is 115 cm³/mol. The van der Waals surface area contributed by atoms with Crippen molar-refractivity contribution in [1.82, 2.24) is 4.98 Å². The molecule has 0 amide bonds. The Bertz CT molecular complexity index is 879. The van der Waals surface area contributed by atoms with Crippen LogP contribution in [-0.4, -0.2) is 51.4 Å². The Morgan fingerprint density at radius 1 is 1.14 bits per heavy atom. The summed E-state index contributed by atoms with van der Waals surface area (Å²) in [4.78, 5) is 22.3. The minimum Gasteiger partial charge on any atom is -0.378 e. The van der Waals surface area contributed by atoms with Gasteiger partial charge in [-0.05, 0) is 37.5 Å². The molecular weight excluding hydrogens is 352 g/mol. The van der Waals surface area contributed by atoms with Gasteiger partial charge in [-0.3, -0.25) is 4.79 Å². The molecule has 150 valence electrons. The molecule has 0 aliphatic carbocycles. The Morgan fingerprint density at radius 2 is 2.00 bits per heavy atom. The zero-order valence-electron chi connectivity index (χ0n) is 17.0. The number of hydrogen-bond acceptors (Lipinski definition) is 5. The van der Waals surface area contributed by atoms with Crippen molar-refractivity contribution in [3.63, 3.8) is 0 Å². The topological polar surface area (TPSA) is 51.8 Å². The molecule has 2 saturated heterocycles. The lowest BCUT2D eigenvalue weighted by atomic mass is 10.0. The molecule has 0 saturated carbocycles. The van der Waals surface area contributed by atoms with Crippen LogP contribution in [0.15, 0.2) is 41.2 Å². The van der Waals surface area contributed by atoms with Crippen molar-refractivity contribution in [1.29, 1.82) is 0 Å². The van der Waals surface area contributed by atoms with Gasteiger partial charge in [-0.2, -0.15) is 0 Å². The van der Waals surface area contributed by atoms with E-state index in [0.29, 0.717) is 13.2 Å². The van der Waals surface area contributed by atoms with E-state index in [2.05, 4.69) is 71.0 Å². The summed E-state index contributed by atoms with van der Waals surface area (Å²) >= 11 is 0. The molecule has 2 atom stereocenters. The van der Waals surface area contributed by atoms with E-state index in [9.17, 15) is 4.79 Å². The first-order valence-electron chi connectivity index (χ1n) is 10.2. The van der Waals surface area contributed by atoms with Crippen molar-refractivity contribution in [3.05, 3.63) is 52.3 Å². The third kappa shape index (κ3) is 3.74. The Labute approximate surface area is 166 Å². The predicted octanol–water partition coefficient (Wildman–Crippen LogP) is 3.01. The van der Waals surface area contributed by atoms with Crippen molar-refractivity contribution in [2.24, 2.45) is 0 Å². The van der Waals surface area contributed by atoms with Crippen LogP contribution in [-0.2, 0) is 4.74 Å². The number of pyridine rings is 1. The lowest BCUT2D eigenvalue weighted by Crippen LogP contribution is -2.44. The van der Waals surface area contributed by atoms with Gasteiger partial charge in [-0.25, -0.2) is 0 Å². The summed E-state index contributed by atoms with van der Waals surface area (Å²) in [6, 6.07) is 13.1. The molecule has 2 aromatic rings. The van der Waals surface area contributed by atoms with Gasteiger partial charge >= 0.3 is 0 Å². The molecule has 0 spiro atoms. The largest absolute Gasteiger partial charge is 0.378 e. The number of nitrogens with one attached hydrogen (secondary N) is 1. The lowest BCUT2D eigenvalue weighted by Gasteiger charge is -2.36. The summed E-state index contributed by atoms with van der Waals surface area (Å²) in [5.41, 5.74) is 3.45. The molecule has 28 heavy (non-hydrogen) atoms. The van der Waals surface area contributed by atoms with E-state index in [1.807, 2.05) is 0 Å². The van der Waals surface area contributed by atoms with Crippen LogP contribution in [0.4, 0.5) is 17.2 Å². The van der Waals surface area contributed by atoms with Crippen LogP contribution in [0.1, 0.15) is 31.4 Å². The average molecular weight is 383 g/mol. The van der Waals surface area contributed by atoms with E-state index in [1.54, 1.807) is 6.07 Å². The SMILES string of the molecule is C[C@@H]1COCCN1c1cc(N2CCCC2c2cccc(N(C)C)c2)[nH]c(=O)c1. The van der Waals surface area contributed by atoms with Crippen molar-refractivity contribution >= 4 is 17.2 Å². The normalized spacial score (nSPS) is 22.5. The first kappa shape index (κ1) is 18.9. The average Bonchev–Trinajstić information content (AvgIpc) is 3.18. The zero-order chi connectivity index (χ0) is 19.7. The maximum absolute atomic E-state index is 12.5. The van der Waals surface area contributed by atoms with E-state index in [4.69, 9.17) is 4.74 Å². The van der Waals surface area contributed by atoms with E-state index < -0.39 is 0 Å². The number of hydrogen-bond donors (Lipinski definition) is 1. The number of rotatable bonds is 4. The molecule has 1 aromatic carbocycles. The van der Waals surface area contributed by atoms with Gasteiger partial charge in [0.05, 0.1) is 19.3 Å². The minimum absolute atomic E-state index is 0.0427. The highest BCUT2D eigenvalue weighted by Gasteiger charge is 2.28. The summed E-state index contributed by atoms with van der Waals surface area (Å²) < 4.78 is 5.56. The molecule has 2 aliphatic rings. The van der Waals surface area contributed by atoms with Gasteiger partial charge in [0.25, 0.3) is 5.56 Å². The summed E-state index contributed by atoms with van der Waals surface area (Å²) in [6.45, 7) is 5.32. The van der Waals surface area contributed by atoms with Gasteiger partial charge in [0, 0.05) is 56.7 Å². The monoisotopic (exact) mass is 382 g/mol. The number of morpholine rings is 1. The molecule has 1 N–H and O–H groups in total. The quantitative estimate of drug-likeness (QED) is 0.881. The van der Waals surface area contributed by atoms with Crippen LogP contribution in [0.25, 0.3) is 0 Å². The van der Waals surface area contributed by atoms with Crippen LogP contribution in [0.5, 0.6) is 0 Å². The van der Waals surface area contributed by atoms with Crippen LogP contribution >= 0.6 is 0 Å². The van der Waals surface area contributed by atoms with Crippen molar-refractivity contribution in [2.45, 2.75) is 31.8 Å². The fraction of sp³-hybridized carbons (Fsp3) is 0.500. The molecule has 6 nitrogen and oxygen atoms in total. The Balaban J connectivity index is 1.66. The fourth-order valence-electron chi connectivity index (χ4n) is 4.36. The van der Waals surface area contributed by atoms with E-state index in [1.165, 1.54) is 11.3 Å². The van der Waals surface area contributed by atoms with Crippen LogP contribution in [0.3, 0.4) is 0 Å². The van der Waals surface area contributed by atoms with Crippen LogP contribution < -0.4 is 20.3 Å². The number of H-pyrrole nitrogens is 1. The molecule has 0 bridgehead atoms. The molecule has 1 aromatic heterocycles. The minimum atomic E-state index is -0.0427. The molecule has 2 aliphatic heterocycles. The molecule has 1 unspecified atom stereocenters. The van der Waals surface area contributed by atoms with Gasteiger partial charge in [0.15, 0.2) is 0 Å². The van der Waals surface area contributed by atoms with Gasteiger partial charge in [-0.1, -0.05) is 12.1 Å². The summed E-state index contributed by atoms with van der Waals surface area (Å²) in [5, 5.41) is 0. The third-order valence-corrected chi connectivity index (χ3v) is 5.85. The highest BCUT2D eigenvalue weighted by Crippen LogP contribution is 2.37. The van der Waals surface area contributed by atoms with Gasteiger partial charge < -0.3 is 24.4 Å². The molecule has 2 fully saturated rings. The van der Waals surface area contributed by atoms with Crippen LogP contribution in [0.2, 0.25) is 0 Å². The molecular formula is C22H30N4O2. The number of aromatic amines is 1. The van der Waals surface area contributed by atoms with Crippen molar-refractivity contribution in [3.8, 4) is 0 Å². The first-order chi connectivity index (χ1) is 13.5. The Kier molecular flexibility index (Phi) is 5.31. The third-order valence-electron chi connectivity index (χ3n) is 5.85. The van der Waals surface area contributed by atoms with E-state index >= 15 is 0 Å². The molecule has 3 heterocycles. The number of benzene rings is 1. The first-order valence-corrected chi connectivity index (χ1v) is 10.2. The van der Waals surface area contributed by atoms with Gasteiger partial charge in [0.1, 0.15) is 5.82 Å². The second-order valence-corrected chi connectivity index (χ2v) is 8.05. The number of ether oxygens (including phenoxy) is 1. The zero-order valence-corrected chi connectivity index (χ0v) is 17.0. The van der Waals surface area contributed by atoms with Gasteiger partial charge in [-0.15, -0.1) is 0 Å². The van der Waals surface area contributed by atoms with E-state index in [0.717, 1.165) is 37.4 Å². The second-order valence-electron chi connectivity index (χ2n) is 8.05. The Morgan fingerprint density at radius 3 is 2.79 bits per heavy atom. The number of nitrogens with zero attached hydrogens (tertiary/aromatic N) is 3. The number of aromatic nitrogens is 1. The van der Waals surface area contributed by atoms with E-state index in [-0.39, 0.29) is 17.6 Å². The summed E-state index contributed by atoms with van der Waals surface area (Å²) in [6.07, 6.45) is 2.22. The summed E-state index contributed by atoms with van der Waals surface area (Å²) in [7, 11) is 4.13. The van der Waals surface area contributed by atoms with Crippen LogP contribution in [0, 0.1) is 0 Å². The highest BCUT2D eigenvalue weighted by molar-refractivity contribution is 5.58. The Hall–Kier alpha value is -2.47.